The Hall–Kier alpha value is -2.29. The highest BCUT2D eigenvalue weighted by Gasteiger charge is 2.47. The highest BCUT2D eigenvalue weighted by Crippen LogP contribution is 2.35. The van der Waals surface area contributed by atoms with Crippen molar-refractivity contribution in [2.45, 2.75) is 19.0 Å². The third-order valence-corrected chi connectivity index (χ3v) is 4.31. The summed E-state index contributed by atoms with van der Waals surface area (Å²) in [5.41, 5.74) is 9.39. The lowest BCUT2D eigenvalue weighted by Gasteiger charge is -2.30. The zero-order valence-corrected chi connectivity index (χ0v) is 11.5. The largest absolute Gasteiger partial charge is 0.399 e. The lowest BCUT2D eigenvalue weighted by atomic mass is 9.94. The average molecular weight is 264 g/mol. The molecule has 0 bridgehead atoms. The molecule has 2 N–H and O–H groups in total. The van der Waals surface area contributed by atoms with Crippen LogP contribution in [0.3, 0.4) is 0 Å². The van der Waals surface area contributed by atoms with E-state index in [1.807, 2.05) is 6.08 Å². The van der Waals surface area contributed by atoms with Crippen molar-refractivity contribution in [2.24, 2.45) is 5.73 Å². The molecule has 4 rings (SSSR count). The van der Waals surface area contributed by atoms with E-state index in [9.17, 15) is 0 Å². The molecule has 0 saturated carbocycles. The van der Waals surface area contributed by atoms with Crippen LogP contribution in [-0.2, 0) is 0 Å². The zero-order valence-electron chi connectivity index (χ0n) is 11.5. The minimum absolute atomic E-state index is 0.287. The number of nitrogens with zero attached hydrogens (tertiary/aromatic N) is 2. The first-order chi connectivity index (χ1) is 9.79. The van der Waals surface area contributed by atoms with Gasteiger partial charge in [0.05, 0.1) is 6.54 Å². The maximum absolute atomic E-state index is 5.92. The molecule has 4 aliphatic rings. The Balaban J connectivity index is 1.86. The minimum atomic E-state index is 0.287. The summed E-state index contributed by atoms with van der Waals surface area (Å²) in [6.45, 7) is 3.19. The van der Waals surface area contributed by atoms with Gasteiger partial charge in [-0.15, -0.1) is 0 Å². The molecule has 0 fully saturated rings. The smallest absolute Gasteiger partial charge is 0.278 e. The summed E-state index contributed by atoms with van der Waals surface area (Å²) in [4.78, 5) is 2.48. The molecule has 2 heterocycles. The molecule has 2 aliphatic carbocycles. The third kappa shape index (κ3) is 1.43. The van der Waals surface area contributed by atoms with Crippen molar-refractivity contribution in [3.63, 3.8) is 0 Å². The molecular weight excluding hydrogens is 246 g/mol. The standard InChI is InChI=1S/C17H18N3/c1-2-19-15-5-3-4-6-16(15)20-14-9-8-13(18)11-12(14)7-10-17(19)20/h3-11,14,16H,2,18H2,1H3/q+1. The molecule has 0 saturated heterocycles. The number of nitrogens with two attached hydrogens (primary N) is 1. The summed E-state index contributed by atoms with van der Waals surface area (Å²) in [5.74, 6) is 1.29. The first-order valence-electron chi connectivity index (χ1n) is 7.14. The second-order valence-corrected chi connectivity index (χ2v) is 5.41. The molecular formula is C17H18N3+. The van der Waals surface area contributed by atoms with Crippen LogP contribution in [0, 0.1) is 0 Å². The van der Waals surface area contributed by atoms with Gasteiger partial charge in [-0.2, -0.15) is 0 Å². The number of rotatable bonds is 1. The maximum Gasteiger partial charge on any atom is 0.278 e. The summed E-state index contributed by atoms with van der Waals surface area (Å²) in [7, 11) is 0. The third-order valence-electron chi connectivity index (χ3n) is 4.31. The highest BCUT2D eigenvalue weighted by atomic mass is 15.4. The molecule has 100 valence electrons. The maximum atomic E-state index is 5.92. The van der Waals surface area contributed by atoms with Crippen molar-refractivity contribution < 1.29 is 4.58 Å². The van der Waals surface area contributed by atoms with Gasteiger partial charge in [0.25, 0.3) is 5.82 Å². The van der Waals surface area contributed by atoms with Crippen LogP contribution in [0.4, 0.5) is 0 Å². The van der Waals surface area contributed by atoms with Crippen molar-refractivity contribution in [1.82, 2.24) is 4.90 Å². The van der Waals surface area contributed by atoms with E-state index in [0.29, 0.717) is 6.04 Å². The number of hydrogen-bond acceptors (Lipinski definition) is 2. The second-order valence-electron chi connectivity index (χ2n) is 5.41. The van der Waals surface area contributed by atoms with Crippen LogP contribution in [0.2, 0.25) is 0 Å². The molecule has 3 heteroatoms. The van der Waals surface area contributed by atoms with Gasteiger partial charge in [-0.1, -0.05) is 12.2 Å². The number of fused-ring (bicyclic) bond motifs is 5. The molecule has 2 aliphatic heterocycles. The van der Waals surface area contributed by atoms with E-state index in [1.165, 1.54) is 17.1 Å². The Morgan fingerprint density at radius 3 is 2.90 bits per heavy atom. The van der Waals surface area contributed by atoms with Gasteiger partial charge in [-0.25, -0.2) is 9.48 Å². The second kappa shape index (κ2) is 4.10. The lowest BCUT2D eigenvalue weighted by Crippen LogP contribution is -2.43. The first-order valence-corrected chi connectivity index (χ1v) is 7.14. The molecule has 2 unspecified atom stereocenters. The van der Waals surface area contributed by atoms with Gasteiger partial charge < -0.3 is 5.73 Å². The van der Waals surface area contributed by atoms with Crippen LogP contribution >= 0.6 is 0 Å². The normalized spacial score (nSPS) is 29.6. The van der Waals surface area contributed by atoms with Crippen molar-refractivity contribution in [3.05, 3.63) is 71.8 Å². The van der Waals surface area contributed by atoms with Crippen LogP contribution in [0.15, 0.2) is 71.8 Å². The van der Waals surface area contributed by atoms with Crippen molar-refractivity contribution in [3.8, 4) is 0 Å². The monoisotopic (exact) mass is 264 g/mol. The fraction of sp³-hybridized carbons (Fsp3) is 0.235. The molecule has 2 atom stereocenters. The zero-order chi connectivity index (χ0) is 13.7. The van der Waals surface area contributed by atoms with Crippen LogP contribution in [-0.4, -0.2) is 33.8 Å². The van der Waals surface area contributed by atoms with Gasteiger partial charge in [-0.3, -0.25) is 0 Å². The Kier molecular flexibility index (Phi) is 2.36. The summed E-state index contributed by atoms with van der Waals surface area (Å²) in [5, 5.41) is 0. The highest BCUT2D eigenvalue weighted by molar-refractivity contribution is 5.99. The van der Waals surface area contributed by atoms with E-state index >= 15 is 0 Å². The van der Waals surface area contributed by atoms with Gasteiger partial charge in [-0.05, 0) is 43.4 Å². The van der Waals surface area contributed by atoms with Crippen LogP contribution < -0.4 is 5.73 Å². The van der Waals surface area contributed by atoms with Gasteiger partial charge in [0, 0.05) is 17.3 Å². The fourth-order valence-electron chi connectivity index (χ4n) is 3.47. The molecule has 20 heavy (non-hydrogen) atoms. The van der Waals surface area contributed by atoms with Crippen LogP contribution in [0.25, 0.3) is 0 Å². The molecule has 0 amide bonds. The Morgan fingerprint density at radius 1 is 1.15 bits per heavy atom. The molecule has 3 nitrogen and oxygen atoms in total. The van der Waals surface area contributed by atoms with E-state index in [-0.39, 0.29) is 6.04 Å². The summed E-state index contributed by atoms with van der Waals surface area (Å²) in [6.07, 6.45) is 19.5. The SMILES string of the molecule is CC[N+]1=C2C=CC=CC2N2C1=CC=C1C=C(N)C=CC12. The topological polar surface area (TPSA) is 32.3 Å². The molecule has 0 aromatic rings. The van der Waals surface area contributed by atoms with E-state index in [0.717, 1.165) is 12.2 Å². The Morgan fingerprint density at radius 2 is 2.05 bits per heavy atom. The lowest BCUT2D eigenvalue weighted by molar-refractivity contribution is -0.479. The van der Waals surface area contributed by atoms with Crippen LogP contribution in [0.5, 0.6) is 0 Å². The fourth-order valence-corrected chi connectivity index (χ4v) is 3.47. The van der Waals surface area contributed by atoms with Crippen molar-refractivity contribution in [1.29, 1.82) is 0 Å². The number of hydrogen-bond donors (Lipinski definition) is 1. The molecule has 0 aromatic carbocycles. The average Bonchev–Trinajstić information content (AvgIpc) is 2.80. The van der Waals surface area contributed by atoms with Crippen molar-refractivity contribution >= 4 is 5.71 Å². The van der Waals surface area contributed by atoms with Gasteiger partial charge in [0.2, 0.25) is 0 Å². The van der Waals surface area contributed by atoms with E-state index < -0.39 is 0 Å². The van der Waals surface area contributed by atoms with Crippen molar-refractivity contribution in [2.75, 3.05) is 6.54 Å². The molecule has 0 spiro atoms. The summed E-state index contributed by atoms with van der Waals surface area (Å²) < 4.78 is 2.40. The molecule has 0 aromatic heterocycles. The van der Waals surface area contributed by atoms with Gasteiger partial charge in [0.1, 0.15) is 6.04 Å². The van der Waals surface area contributed by atoms with E-state index in [4.69, 9.17) is 5.73 Å². The quantitative estimate of drug-likeness (QED) is 0.733. The van der Waals surface area contributed by atoms with E-state index in [1.54, 1.807) is 0 Å². The predicted molar refractivity (Wildman–Crippen MR) is 81.1 cm³/mol. The van der Waals surface area contributed by atoms with Crippen LogP contribution in [0.1, 0.15) is 6.92 Å². The van der Waals surface area contributed by atoms with Gasteiger partial charge in [0.15, 0.2) is 11.8 Å². The minimum Gasteiger partial charge on any atom is -0.399 e. The predicted octanol–water partition coefficient (Wildman–Crippen LogP) is 1.83. The molecule has 0 radical (unpaired) electrons. The Bertz CT molecular complexity index is 683. The number of allylic oxidation sites excluding steroid dienone is 5. The van der Waals surface area contributed by atoms with Gasteiger partial charge >= 0.3 is 0 Å². The van der Waals surface area contributed by atoms with E-state index in [2.05, 4.69) is 65.0 Å². The summed E-state index contributed by atoms with van der Waals surface area (Å²) >= 11 is 0. The summed E-state index contributed by atoms with van der Waals surface area (Å²) in [6, 6.07) is 0.618. The first kappa shape index (κ1) is 11.5. The Labute approximate surface area is 119 Å².